The maximum absolute atomic E-state index is 12.7. The van der Waals surface area contributed by atoms with Crippen LogP contribution in [-0.2, 0) is 11.3 Å². The van der Waals surface area contributed by atoms with E-state index >= 15 is 0 Å². The van der Waals surface area contributed by atoms with E-state index < -0.39 is 0 Å². The van der Waals surface area contributed by atoms with Gasteiger partial charge in [0.2, 0.25) is 11.9 Å². The largest absolute Gasteiger partial charge is 0.467 e. The fourth-order valence-electron chi connectivity index (χ4n) is 3.00. The predicted molar refractivity (Wildman–Crippen MR) is 93.1 cm³/mol. The van der Waals surface area contributed by atoms with Crippen molar-refractivity contribution < 1.29 is 18.7 Å². The van der Waals surface area contributed by atoms with Gasteiger partial charge < -0.3 is 23.7 Å². The van der Waals surface area contributed by atoms with Crippen molar-refractivity contribution in [2.75, 3.05) is 39.3 Å². The first-order chi connectivity index (χ1) is 12.6. The first kappa shape index (κ1) is 18.0. The molecular formula is C17H23N5O4. The molecule has 1 fully saturated rings. The quantitative estimate of drug-likeness (QED) is 0.761. The van der Waals surface area contributed by atoms with Crippen LogP contribution in [0.4, 0.5) is 5.95 Å². The third kappa shape index (κ3) is 4.04. The fourth-order valence-corrected chi connectivity index (χ4v) is 3.00. The molecule has 1 amide bonds. The van der Waals surface area contributed by atoms with Gasteiger partial charge in [0, 0.05) is 26.1 Å². The highest BCUT2D eigenvalue weighted by Crippen LogP contribution is 2.24. The first-order valence-corrected chi connectivity index (χ1v) is 8.47. The van der Waals surface area contributed by atoms with Gasteiger partial charge in [-0.2, -0.15) is 9.97 Å². The number of hydrogen-bond donors (Lipinski definition) is 0. The SMILES string of the molecule is COc1nc(OC)nc(N2CCC(C(=O)N(C)Cc3ccco3)CC2)n1. The standard InChI is InChI=1S/C17H23N5O4/c1-21(11-13-5-4-10-26-13)14(23)12-6-8-22(9-7-12)15-18-16(24-2)20-17(19-15)25-3/h4-5,10,12H,6-9,11H2,1-3H3. The number of hydrogen-bond acceptors (Lipinski definition) is 8. The van der Waals surface area contributed by atoms with Crippen LogP contribution in [-0.4, -0.2) is 60.1 Å². The highest BCUT2D eigenvalue weighted by Gasteiger charge is 2.29. The van der Waals surface area contributed by atoms with Crippen molar-refractivity contribution in [1.29, 1.82) is 0 Å². The Kier molecular flexibility index (Phi) is 5.55. The Morgan fingerprint density at radius 1 is 1.23 bits per heavy atom. The number of ether oxygens (including phenoxy) is 2. The molecule has 3 rings (SSSR count). The summed E-state index contributed by atoms with van der Waals surface area (Å²) in [6, 6.07) is 4.11. The summed E-state index contributed by atoms with van der Waals surface area (Å²) in [5.74, 6) is 1.40. The van der Waals surface area contributed by atoms with Crippen molar-refractivity contribution in [2.45, 2.75) is 19.4 Å². The monoisotopic (exact) mass is 361 g/mol. The summed E-state index contributed by atoms with van der Waals surface area (Å²) in [5.41, 5.74) is 0. The molecule has 3 heterocycles. The first-order valence-electron chi connectivity index (χ1n) is 8.47. The van der Waals surface area contributed by atoms with Crippen LogP contribution in [0.5, 0.6) is 12.0 Å². The van der Waals surface area contributed by atoms with E-state index in [1.165, 1.54) is 14.2 Å². The summed E-state index contributed by atoms with van der Waals surface area (Å²) in [6.07, 6.45) is 3.08. The number of methoxy groups -OCH3 is 2. The molecule has 26 heavy (non-hydrogen) atoms. The van der Waals surface area contributed by atoms with Crippen LogP contribution in [0.15, 0.2) is 22.8 Å². The van der Waals surface area contributed by atoms with Gasteiger partial charge in [0.15, 0.2) is 0 Å². The van der Waals surface area contributed by atoms with Crippen LogP contribution in [0.1, 0.15) is 18.6 Å². The molecular weight excluding hydrogens is 338 g/mol. The zero-order valence-corrected chi connectivity index (χ0v) is 15.2. The molecule has 1 aliphatic heterocycles. The summed E-state index contributed by atoms with van der Waals surface area (Å²) in [6.45, 7) is 1.84. The van der Waals surface area contributed by atoms with E-state index in [1.807, 2.05) is 17.0 Å². The van der Waals surface area contributed by atoms with E-state index in [1.54, 1.807) is 18.2 Å². The third-order valence-electron chi connectivity index (χ3n) is 4.42. The second kappa shape index (κ2) is 8.03. The van der Waals surface area contributed by atoms with Crippen molar-refractivity contribution in [3.8, 4) is 12.0 Å². The Hall–Kier alpha value is -2.84. The van der Waals surface area contributed by atoms with Gasteiger partial charge in [-0.25, -0.2) is 0 Å². The van der Waals surface area contributed by atoms with E-state index in [4.69, 9.17) is 13.9 Å². The van der Waals surface area contributed by atoms with E-state index in [2.05, 4.69) is 15.0 Å². The number of anilines is 1. The average molecular weight is 361 g/mol. The van der Waals surface area contributed by atoms with Gasteiger partial charge in [0.25, 0.3) is 0 Å². The molecule has 1 aliphatic rings. The lowest BCUT2D eigenvalue weighted by molar-refractivity contribution is -0.135. The molecule has 2 aromatic heterocycles. The van der Waals surface area contributed by atoms with Crippen molar-refractivity contribution in [2.24, 2.45) is 5.92 Å². The molecule has 0 unspecified atom stereocenters. The molecule has 0 spiro atoms. The molecule has 0 atom stereocenters. The van der Waals surface area contributed by atoms with Crippen LogP contribution in [0, 0.1) is 5.92 Å². The second-order valence-corrected chi connectivity index (χ2v) is 6.14. The van der Waals surface area contributed by atoms with Gasteiger partial charge in [0.05, 0.1) is 27.0 Å². The number of amides is 1. The Labute approximate surface area is 151 Å². The number of carbonyl (C=O) groups is 1. The average Bonchev–Trinajstić information content (AvgIpc) is 3.20. The van der Waals surface area contributed by atoms with E-state index in [-0.39, 0.29) is 23.8 Å². The molecule has 2 aromatic rings. The number of nitrogens with zero attached hydrogens (tertiary/aromatic N) is 5. The van der Waals surface area contributed by atoms with E-state index in [0.717, 1.165) is 18.6 Å². The van der Waals surface area contributed by atoms with Crippen LogP contribution < -0.4 is 14.4 Å². The molecule has 0 aliphatic carbocycles. The number of piperidine rings is 1. The number of rotatable bonds is 6. The minimum Gasteiger partial charge on any atom is -0.467 e. The van der Waals surface area contributed by atoms with Gasteiger partial charge in [0.1, 0.15) is 5.76 Å². The van der Waals surface area contributed by atoms with Crippen LogP contribution in [0.2, 0.25) is 0 Å². The summed E-state index contributed by atoms with van der Waals surface area (Å²) < 4.78 is 15.5. The lowest BCUT2D eigenvalue weighted by Gasteiger charge is -2.33. The normalized spacial score (nSPS) is 15.0. The Bertz CT molecular complexity index is 707. The zero-order chi connectivity index (χ0) is 18.5. The highest BCUT2D eigenvalue weighted by atomic mass is 16.5. The van der Waals surface area contributed by atoms with Crippen LogP contribution in [0.25, 0.3) is 0 Å². The molecule has 9 heteroatoms. The molecule has 0 aromatic carbocycles. The topological polar surface area (TPSA) is 93.8 Å². The van der Waals surface area contributed by atoms with Crippen molar-refractivity contribution >= 4 is 11.9 Å². The summed E-state index contributed by atoms with van der Waals surface area (Å²) >= 11 is 0. The molecule has 0 saturated carbocycles. The Morgan fingerprint density at radius 3 is 2.42 bits per heavy atom. The van der Waals surface area contributed by atoms with Gasteiger partial charge in [-0.1, -0.05) is 0 Å². The highest BCUT2D eigenvalue weighted by molar-refractivity contribution is 5.78. The van der Waals surface area contributed by atoms with Gasteiger partial charge >= 0.3 is 12.0 Å². The Morgan fingerprint density at radius 2 is 1.88 bits per heavy atom. The van der Waals surface area contributed by atoms with Crippen molar-refractivity contribution in [3.05, 3.63) is 24.2 Å². The molecule has 0 N–H and O–H groups in total. The minimum absolute atomic E-state index is 0.0168. The molecule has 0 bridgehead atoms. The molecule has 0 radical (unpaired) electrons. The van der Waals surface area contributed by atoms with Gasteiger partial charge in [-0.3, -0.25) is 4.79 Å². The molecule has 140 valence electrons. The number of carbonyl (C=O) groups excluding carboxylic acids is 1. The van der Waals surface area contributed by atoms with Gasteiger partial charge in [-0.05, 0) is 25.0 Å². The maximum Gasteiger partial charge on any atom is 0.324 e. The van der Waals surface area contributed by atoms with Crippen molar-refractivity contribution in [3.63, 3.8) is 0 Å². The Balaban J connectivity index is 1.59. The second-order valence-electron chi connectivity index (χ2n) is 6.14. The van der Waals surface area contributed by atoms with E-state index in [0.29, 0.717) is 25.6 Å². The number of furan rings is 1. The fraction of sp³-hybridized carbons (Fsp3) is 0.529. The molecule has 9 nitrogen and oxygen atoms in total. The van der Waals surface area contributed by atoms with Crippen LogP contribution >= 0.6 is 0 Å². The maximum atomic E-state index is 12.7. The lowest BCUT2D eigenvalue weighted by atomic mass is 9.95. The molecule has 1 saturated heterocycles. The predicted octanol–water partition coefficient (Wildman–Crippen LogP) is 1.36. The summed E-state index contributed by atoms with van der Waals surface area (Å²) in [7, 11) is 4.80. The lowest BCUT2D eigenvalue weighted by Crippen LogP contribution is -2.41. The third-order valence-corrected chi connectivity index (χ3v) is 4.42. The van der Waals surface area contributed by atoms with E-state index in [9.17, 15) is 4.79 Å². The zero-order valence-electron chi connectivity index (χ0n) is 15.2. The van der Waals surface area contributed by atoms with Crippen molar-refractivity contribution in [1.82, 2.24) is 19.9 Å². The summed E-state index contributed by atoms with van der Waals surface area (Å²) in [4.78, 5) is 28.9. The van der Waals surface area contributed by atoms with Gasteiger partial charge in [-0.15, -0.1) is 4.98 Å². The summed E-state index contributed by atoms with van der Waals surface area (Å²) in [5, 5.41) is 0. The minimum atomic E-state index is -0.0168. The number of aromatic nitrogens is 3. The van der Waals surface area contributed by atoms with Crippen LogP contribution in [0.3, 0.4) is 0 Å². The smallest absolute Gasteiger partial charge is 0.324 e.